The quantitative estimate of drug-likeness (QED) is 0.290. The number of hydrogen-bond donors (Lipinski definition) is 0. The molecule has 168 valence electrons. The summed E-state index contributed by atoms with van der Waals surface area (Å²) in [6.45, 7) is 2.48. The fraction of sp³-hybridized carbons (Fsp3) is 0.115. The van der Waals surface area contributed by atoms with Crippen LogP contribution in [0.5, 0.6) is 0 Å². The molecule has 2 aliphatic heterocycles. The van der Waals surface area contributed by atoms with Crippen molar-refractivity contribution >= 4 is 67.5 Å². The first kappa shape index (κ1) is 21.5. The number of carbonyl (C=O) groups excluding carboxylic acids is 1. The minimum atomic E-state index is -0.0136. The zero-order chi connectivity index (χ0) is 23.2. The van der Waals surface area contributed by atoms with Gasteiger partial charge in [-0.15, -0.1) is 11.3 Å². The highest BCUT2D eigenvalue weighted by Gasteiger charge is 2.39. The number of thioether (sulfide) groups is 2. The van der Waals surface area contributed by atoms with Crippen molar-refractivity contribution in [2.24, 2.45) is 4.99 Å². The standard InChI is InChI=1S/C26H20N4OS3/c1-16-27-19-14-18(12-13-21(19)32-16)28-26-30(15-17-8-4-3-5-9-17)24(31)23(34-26)25-29(2)20-10-6-7-11-22(20)33-25/h3-14H,15H2,1-2H3. The molecule has 3 aromatic carbocycles. The van der Waals surface area contributed by atoms with Crippen LogP contribution in [0.4, 0.5) is 11.4 Å². The molecule has 0 radical (unpaired) electrons. The Balaban J connectivity index is 1.42. The molecule has 4 aromatic rings. The van der Waals surface area contributed by atoms with Crippen LogP contribution < -0.4 is 4.90 Å². The lowest BCUT2D eigenvalue weighted by molar-refractivity contribution is -0.122. The number of rotatable bonds is 3. The lowest BCUT2D eigenvalue weighted by Crippen LogP contribution is -2.29. The average Bonchev–Trinajstić information content (AvgIpc) is 3.48. The van der Waals surface area contributed by atoms with Gasteiger partial charge in [0.05, 0.1) is 38.2 Å². The van der Waals surface area contributed by atoms with Crippen molar-refractivity contribution in [3.05, 3.63) is 93.3 Å². The second-order valence-corrected chi connectivity index (χ2v) is 11.3. The van der Waals surface area contributed by atoms with E-state index in [0.717, 1.165) is 42.1 Å². The first-order chi connectivity index (χ1) is 16.6. The van der Waals surface area contributed by atoms with E-state index in [9.17, 15) is 4.79 Å². The van der Waals surface area contributed by atoms with Crippen LogP contribution >= 0.6 is 34.9 Å². The van der Waals surface area contributed by atoms with Crippen molar-refractivity contribution in [3.63, 3.8) is 0 Å². The number of anilines is 1. The number of aromatic nitrogens is 1. The van der Waals surface area contributed by atoms with E-state index in [0.29, 0.717) is 16.6 Å². The van der Waals surface area contributed by atoms with Crippen LogP contribution in [0.1, 0.15) is 10.6 Å². The number of thiazole rings is 1. The third-order valence-electron chi connectivity index (χ3n) is 5.68. The van der Waals surface area contributed by atoms with Crippen molar-refractivity contribution in [1.29, 1.82) is 0 Å². The molecule has 1 fully saturated rings. The van der Waals surface area contributed by atoms with Gasteiger partial charge in [0.1, 0.15) is 4.91 Å². The van der Waals surface area contributed by atoms with E-state index in [1.165, 1.54) is 11.8 Å². The summed E-state index contributed by atoms with van der Waals surface area (Å²) < 4.78 is 1.14. The second kappa shape index (κ2) is 8.61. The van der Waals surface area contributed by atoms with Crippen LogP contribution in [0.15, 0.2) is 92.6 Å². The number of nitrogens with zero attached hydrogens (tertiary/aromatic N) is 4. The van der Waals surface area contributed by atoms with Crippen molar-refractivity contribution in [3.8, 4) is 0 Å². The first-order valence-corrected chi connectivity index (χ1v) is 13.3. The molecule has 1 amide bonds. The molecule has 1 saturated heterocycles. The lowest BCUT2D eigenvalue weighted by atomic mass is 10.2. The van der Waals surface area contributed by atoms with Crippen molar-refractivity contribution < 1.29 is 4.79 Å². The van der Waals surface area contributed by atoms with E-state index in [1.807, 2.05) is 68.6 Å². The molecule has 0 bridgehead atoms. The minimum absolute atomic E-state index is 0.0136. The minimum Gasteiger partial charge on any atom is -0.337 e. The van der Waals surface area contributed by atoms with Crippen LogP contribution in [-0.4, -0.2) is 28.0 Å². The molecule has 0 saturated carbocycles. The highest BCUT2D eigenvalue weighted by Crippen LogP contribution is 2.50. The van der Waals surface area contributed by atoms with E-state index < -0.39 is 0 Å². The normalized spacial score (nSPS) is 19.0. The molecule has 8 heteroatoms. The van der Waals surface area contributed by atoms with E-state index in [2.05, 4.69) is 28.1 Å². The van der Waals surface area contributed by atoms with Crippen molar-refractivity contribution in [2.45, 2.75) is 18.4 Å². The van der Waals surface area contributed by atoms with Gasteiger partial charge < -0.3 is 4.90 Å². The van der Waals surface area contributed by atoms with E-state index in [1.54, 1.807) is 28.0 Å². The molecule has 6 rings (SSSR count). The predicted molar refractivity (Wildman–Crippen MR) is 144 cm³/mol. The monoisotopic (exact) mass is 500 g/mol. The van der Waals surface area contributed by atoms with Crippen LogP contribution in [0.3, 0.4) is 0 Å². The number of fused-ring (bicyclic) bond motifs is 2. The summed E-state index contributed by atoms with van der Waals surface area (Å²) in [5.41, 5.74) is 3.92. The number of hydrogen-bond acceptors (Lipinski definition) is 7. The van der Waals surface area contributed by atoms with Gasteiger partial charge in [-0.25, -0.2) is 9.98 Å². The van der Waals surface area contributed by atoms with Crippen molar-refractivity contribution in [1.82, 2.24) is 9.88 Å². The molecule has 0 spiro atoms. The molecule has 5 nitrogen and oxygen atoms in total. The summed E-state index contributed by atoms with van der Waals surface area (Å²) >= 11 is 4.76. The van der Waals surface area contributed by atoms with Gasteiger partial charge in [-0.1, -0.05) is 54.2 Å². The Hall–Kier alpha value is -3.07. The van der Waals surface area contributed by atoms with Gasteiger partial charge >= 0.3 is 0 Å². The maximum atomic E-state index is 13.7. The molecule has 1 aromatic heterocycles. The molecule has 0 atom stereocenters. The number of amidine groups is 1. The molecular weight excluding hydrogens is 481 g/mol. The zero-order valence-corrected chi connectivity index (χ0v) is 21.0. The van der Waals surface area contributed by atoms with Gasteiger partial charge in [-0.05, 0) is 54.6 Å². The molecule has 0 aliphatic carbocycles. The van der Waals surface area contributed by atoms with Crippen LogP contribution in [0.2, 0.25) is 0 Å². The van der Waals surface area contributed by atoms with Gasteiger partial charge in [0, 0.05) is 11.9 Å². The van der Waals surface area contributed by atoms with Crippen molar-refractivity contribution in [2.75, 3.05) is 11.9 Å². The molecule has 3 heterocycles. The van der Waals surface area contributed by atoms with E-state index in [4.69, 9.17) is 4.99 Å². The Morgan fingerprint density at radius 3 is 2.59 bits per heavy atom. The summed E-state index contributed by atoms with van der Waals surface area (Å²) in [4.78, 5) is 29.0. The van der Waals surface area contributed by atoms with Gasteiger partial charge in [-0.2, -0.15) is 0 Å². The Morgan fingerprint density at radius 2 is 1.76 bits per heavy atom. The molecule has 0 unspecified atom stereocenters. The third-order valence-corrected chi connectivity index (χ3v) is 9.07. The predicted octanol–water partition coefficient (Wildman–Crippen LogP) is 6.78. The Bertz CT molecular complexity index is 1490. The second-order valence-electron chi connectivity index (χ2n) is 8.02. The van der Waals surface area contributed by atoms with Gasteiger partial charge in [0.15, 0.2) is 5.17 Å². The number of benzene rings is 3. The van der Waals surface area contributed by atoms with Crippen LogP contribution in [-0.2, 0) is 11.3 Å². The molecule has 0 N–H and O–H groups in total. The topological polar surface area (TPSA) is 48.8 Å². The Morgan fingerprint density at radius 1 is 0.971 bits per heavy atom. The molecular formula is C26H20N4OS3. The lowest BCUT2D eigenvalue weighted by Gasteiger charge is -2.16. The molecule has 2 aliphatic rings. The van der Waals surface area contributed by atoms with Gasteiger partial charge in [0.2, 0.25) is 0 Å². The van der Waals surface area contributed by atoms with Crippen LogP contribution in [0.25, 0.3) is 10.2 Å². The maximum Gasteiger partial charge on any atom is 0.269 e. The summed E-state index contributed by atoms with van der Waals surface area (Å²) in [6.07, 6.45) is 0. The van der Waals surface area contributed by atoms with E-state index in [-0.39, 0.29) is 5.91 Å². The fourth-order valence-electron chi connectivity index (χ4n) is 4.04. The largest absolute Gasteiger partial charge is 0.337 e. The average molecular weight is 501 g/mol. The maximum absolute atomic E-state index is 13.7. The SMILES string of the molecule is Cc1nc2cc(N=C3SC(=C4Sc5ccccc5N4C)C(=O)N3Cc3ccccc3)ccc2s1. The van der Waals surface area contributed by atoms with Gasteiger partial charge in [-0.3, -0.25) is 9.69 Å². The highest BCUT2D eigenvalue weighted by molar-refractivity contribution is 8.19. The van der Waals surface area contributed by atoms with E-state index >= 15 is 0 Å². The summed E-state index contributed by atoms with van der Waals surface area (Å²) in [5.74, 6) is -0.0136. The summed E-state index contributed by atoms with van der Waals surface area (Å²) in [6, 6.07) is 24.3. The number of aryl methyl sites for hydroxylation is 1. The number of para-hydroxylation sites is 1. The number of aliphatic imine (C=N–C) groups is 1. The fourth-order valence-corrected chi connectivity index (χ4v) is 7.19. The summed E-state index contributed by atoms with van der Waals surface area (Å²) in [7, 11) is 2.02. The number of amides is 1. The Kier molecular flexibility index (Phi) is 5.44. The first-order valence-electron chi connectivity index (χ1n) is 10.8. The highest BCUT2D eigenvalue weighted by atomic mass is 32.2. The zero-order valence-electron chi connectivity index (χ0n) is 18.6. The van der Waals surface area contributed by atoms with Gasteiger partial charge in [0.25, 0.3) is 5.91 Å². The smallest absolute Gasteiger partial charge is 0.269 e. The summed E-state index contributed by atoms with van der Waals surface area (Å²) in [5, 5.41) is 2.67. The number of carbonyl (C=O) groups is 1. The molecule has 34 heavy (non-hydrogen) atoms. The third kappa shape index (κ3) is 3.81. The Labute approximate surface area is 210 Å². The van der Waals surface area contributed by atoms with Crippen LogP contribution in [0, 0.1) is 6.92 Å².